The van der Waals surface area contributed by atoms with Gasteiger partial charge in [-0.05, 0) is 30.5 Å². The van der Waals surface area contributed by atoms with Crippen molar-refractivity contribution >= 4 is 17.4 Å². The van der Waals surface area contributed by atoms with Gasteiger partial charge in [0.1, 0.15) is 0 Å². The Morgan fingerprint density at radius 3 is 2.19 bits per heavy atom. The standard InChI is InChI=1S/C13H18ClNO/c1-3-13(15,4-2)12(16)9-10-5-7-11(14)8-6-10/h5-8H,3-4,9,15H2,1-2H3. The number of hydrogen-bond donors (Lipinski definition) is 1. The minimum atomic E-state index is -0.681. The molecule has 1 aromatic rings. The molecule has 3 heteroatoms. The smallest absolute Gasteiger partial charge is 0.156 e. The van der Waals surface area contributed by atoms with Crippen LogP contribution in [0.2, 0.25) is 5.02 Å². The van der Waals surface area contributed by atoms with Gasteiger partial charge in [0, 0.05) is 11.4 Å². The summed E-state index contributed by atoms with van der Waals surface area (Å²) in [6.45, 7) is 3.90. The largest absolute Gasteiger partial charge is 0.319 e. The second kappa shape index (κ2) is 5.46. The van der Waals surface area contributed by atoms with Crippen LogP contribution < -0.4 is 5.73 Å². The third-order valence-electron chi connectivity index (χ3n) is 3.10. The number of ketones is 1. The topological polar surface area (TPSA) is 43.1 Å². The predicted octanol–water partition coefficient (Wildman–Crippen LogP) is 2.97. The number of carbonyl (C=O) groups is 1. The van der Waals surface area contributed by atoms with Crippen LogP contribution in [-0.4, -0.2) is 11.3 Å². The lowest BCUT2D eigenvalue weighted by Gasteiger charge is -2.24. The summed E-state index contributed by atoms with van der Waals surface area (Å²) >= 11 is 5.78. The predicted molar refractivity (Wildman–Crippen MR) is 67.7 cm³/mol. The lowest BCUT2D eigenvalue weighted by molar-refractivity contribution is -0.123. The number of benzene rings is 1. The average Bonchev–Trinajstić information content (AvgIpc) is 2.31. The van der Waals surface area contributed by atoms with Gasteiger partial charge in [-0.1, -0.05) is 37.6 Å². The zero-order valence-corrected chi connectivity index (χ0v) is 10.6. The Hall–Kier alpha value is -0.860. The van der Waals surface area contributed by atoms with Gasteiger partial charge in [-0.2, -0.15) is 0 Å². The van der Waals surface area contributed by atoms with Gasteiger partial charge in [-0.25, -0.2) is 0 Å². The van der Waals surface area contributed by atoms with Crippen molar-refractivity contribution in [3.05, 3.63) is 34.9 Å². The van der Waals surface area contributed by atoms with E-state index in [1.165, 1.54) is 0 Å². The normalized spacial score (nSPS) is 11.5. The first-order valence-corrected chi connectivity index (χ1v) is 5.96. The minimum Gasteiger partial charge on any atom is -0.319 e. The van der Waals surface area contributed by atoms with Gasteiger partial charge in [0.25, 0.3) is 0 Å². The summed E-state index contributed by atoms with van der Waals surface area (Å²) in [7, 11) is 0. The van der Waals surface area contributed by atoms with Crippen LogP contribution in [0.15, 0.2) is 24.3 Å². The van der Waals surface area contributed by atoms with Crippen LogP contribution in [0.3, 0.4) is 0 Å². The van der Waals surface area contributed by atoms with Crippen LogP contribution in [0.4, 0.5) is 0 Å². The van der Waals surface area contributed by atoms with E-state index in [0.29, 0.717) is 24.3 Å². The summed E-state index contributed by atoms with van der Waals surface area (Å²) < 4.78 is 0. The molecule has 0 spiro atoms. The maximum absolute atomic E-state index is 12.0. The van der Waals surface area contributed by atoms with Crippen LogP contribution in [-0.2, 0) is 11.2 Å². The molecular formula is C13H18ClNO. The minimum absolute atomic E-state index is 0.0971. The second-order valence-electron chi connectivity index (χ2n) is 4.09. The summed E-state index contributed by atoms with van der Waals surface area (Å²) in [4.78, 5) is 12.0. The molecular weight excluding hydrogens is 222 g/mol. The third-order valence-corrected chi connectivity index (χ3v) is 3.35. The van der Waals surface area contributed by atoms with Crippen LogP contribution in [0, 0.1) is 0 Å². The van der Waals surface area contributed by atoms with Crippen molar-refractivity contribution in [1.29, 1.82) is 0 Å². The summed E-state index contributed by atoms with van der Waals surface area (Å²) in [5, 5.41) is 0.682. The highest BCUT2D eigenvalue weighted by atomic mass is 35.5. The van der Waals surface area contributed by atoms with Crippen molar-refractivity contribution in [2.75, 3.05) is 0 Å². The van der Waals surface area contributed by atoms with Gasteiger partial charge in [-0.15, -0.1) is 0 Å². The van der Waals surface area contributed by atoms with Crippen LogP contribution in [0.5, 0.6) is 0 Å². The van der Waals surface area contributed by atoms with E-state index >= 15 is 0 Å². The fourth-order valence-electron chi connectivity index (χ4n) is 1.61. The molecule has 0 atom stereocenters. The van der Waals surface area contributed by atoms with E-state index in [4.69, 9.17) is 17.3 Å². The molecule has 0 unspecified atom stereocenters. The Morgan fingerprint density at radius 2 is 1.75 bits per heavy atom. The van der Waals surface area contributed by atoms with E-state index < -0.39 is 5.54 Å². The van der Waals surface area contributed by atoms with Crippen molar-refractivity contribution in [2.45, 2.75) is 38.6 Å². The third kappa shape index (κ3) is 3.06. The zero-order chi connectivity index (χ0) is 12.2. The maximum Gasteiger partial charge on any atom is 0.156 e. The Bertz CT molecular complexity index is 355. The Kier molecular flexibility index (Phi) is 4.51. The van der Waals surface area contributed by atoms with Gasteiger partial charge in [0.2, 0.25) is 0 Å². The average molecular weight is 240 g/mol. The number of rotatable bonds is 5. The van der Waals surface area contributed by atoms with Gasteiger partial charge < -0.3 is 5.73 Å². The van der Waals surface area contributed by atoms with Gasteiger partial charge in [0.15, 0.2) is 5.78 Å². The molecule has 2 nitrogen and oxygen atoms in total. The van der Waals surface area contributed by atoms with E-state index in [0.717, 1.165) is 5.56 Å². The molecule has 0 amide bonds. The molecule has 1 rings (SSSR count). The second-order valence-corrected chi connectivity index (χ2v) is 4.53. The molecule has 2 N–H and O–H groups in total. The molecule has 0 aliphatic rings. The molecule has 1 aromatic carbocycles. The summed E-state index contributed by atoms with van der Waals surface area (Å²) in [5.74, 6) is 0.0971. The first-order valence-electron chi connectivity index (χ1n) is 5.58. The SMILES string of the molecule is CCC(N)(CC)C(=O)Cc1ccc(Cl)cc1. The van der Waals surface area contributed by atoms with Crippen molar-refractivity contribution in [2.24, 2.45) is 5.73 Å². The Balaban J connectivity index is 2.74. The van der Waals surface area contributed by atoms with E-state index in [1.807, 2.05) is 26.0 Å². The van der Waals surface area contributed by atoms with E-state index in [2.05, 4.69) is 0 Å². The van der Waals surface area contributed by atoms with Gasteiger partial charge in [0.05, 0.1) is 5.54 Å². The van der Waals surface area contributed by atoms with E-state index in [1.54, 1.807) is 12.1 Å². The van der Waals surface area contributed by atoms with E-state index in [-0.39, 0.29) is 5.78 Å². The summed E-state index contributed by atoms with van der Waals surface area (Å²) in [5.41, 5.74) is 6.33. The fraction of sp³-hybridized carbons (Fsp3) is 0.462. The lowest BCUT2D eigenvalue weighted by Crippen LogP contribution is -2.47. The molecule has 0 saturated heterocycles. The summed E-state index contributed by atoms with van der Waals surface area (Å²) in [6.07, 6.45) is 1.74. The first kappa shape index (κ1) is 13.2. The molecule has 88 valence electrons. The van der Waals surface area contributed by atoms with Crippen molar-refractivity contribution < 1.29 is 4.79 Å². The number of carbonyl (C=O) groups excluding carboxylic acids is 1. The maximum atomic E-state index is 12.0. The number of hydrogen-bond acceptors (Lipinski definition) is 2. The first-order chi connectivity index (χ1) is 7.51. The zero-order valence-electron chi connectivity index (χ0n) is 9.79. The van der Waals surface area contributed by atoms with Crippen LogP contribution in [0.1, 0.15) is 32.3 Å². The van der Waals surface area contributed by atoms with Crippen LogP contribution in [0.25, 0.3) is 0 Å². The fourth-order valence-corrected chi connectivity index (χ4v) is 1.73. The molecule has 0 bridgehead atoms. The van der Waals surface area contributed by atoms with Crippen molar-refractivity contribution in [1.82, 2.24) is 0 Å². The molecule has 0 fully saturated rings. The van der Waals surface area contributed by atoms with Crippen molar-refractivity contribution in [3.8, 4) is 0 Å². The Labute approximate surface area is 102 Å². The molecule has 0 aromatic heterocycles. The summed E-state index contributed by atoms with van der Waals surface area (Å²) in [6, 6.07) is 7.32. The molecule has 16 heavy (non-hydrogen) atoms. The molecule has 0 saturated carbocycles. The van der Waals surface area contributed by atoms with Gasteiger partial charge in [-0.3, -0.25) is 4.79 Å². The monoisotopic (exact) mass is 239 g/mol. The highest BCUT2D eigenvalue weighted by molar-refractivity contribution is 6.30. The number of Topliss-reactive ketones (excluding diaryl/α,β-unsaturated/α-hetero) is 1. The molecule has 0 aliphatic heterocycles. The highest BCUT2D eigenvalue weighted by Crippen LogP contribution is 2.17. The molecule has 0 radical (unpaired) electrons. The number of halogens is 1. The van der Waals surface area contributed by atoms with Crippen molar-refractivity contribution in [3.63, 3.8) is 0 Å². The quantitative estimate of drug-likeness (QED) is 0.859. The highest BCUT2D eigenvalue weighted by Gasteiger charge is 2.29. The Morgan fingerprint density at radius 1 is 1.25 bits per heavy atom. The van der Waals surface area contributed by atoms with Gasteiger partial charge >= 0.3 is 0 Å². The lowest BCUT2D eigenvalue weighted by atomic mass is 9.86. The number of nitrogens with two attached hydrogens (primary N) is 1. The van der Waals surface area contributed by atoms with Crippen LogP contribution >= 0.6 is 11.6 Å². The van der Waals surface area contributed by atoms with E-state index in [9.17, 15) is 4.79 Å². The molecule has 0 heterocycles. The molecule has 0 aliphatic carbocycles.